The second-order valence-electron chi connectivity index (χ2n) is 4.93. The van der Waals surface area contributed by atoms with E-state index in [1.807, 2.05) is 35.0 Å². The van der Waals surface area contributed by atoms with Gasteiger partial charge in [-0.15, -0.1) is 6.42 Å². The van der Waals surface area contributed by atoms with Crippen LogP contribution >= 0.6 is 0 Å². The molecule has 0 saturated carbocycles. The van der Waals surface area contributed by atoms with E-state index in [2.05, 4.69) is 21.4 Å². The molecule has 0 unspecified atom stereocenters. The first kappa shape index (κ1) is 15.2. The number of terminal acetylenes is 1. The number of anilines is 1. The van der Waals surface area contributed by atoms with Gasteiger partial charge in [-0.25, -0.2) is 4.98 Å². The zero-order valence-corrected chi connectivity index (χ0v) is 12.6. The first-order chi connectivity index (χ1) is 11.7. The van der Waals surface area contributed by atoms with Gasteiger partial charge in [-0.1, -0.05) is 24.1 Å². The zero-order valence-electron chi connectivity index (χ0n) is 12.6. The summed E-state index contributed by atoms with van der Waals surface area (Å²) in [6.45, 7) is 0.452. The molecule has 0 spiro atoms. The second kappa shape index (κ2) is 6.62. The minimum absolute atomic E-state index is 0.0890. The molecule has 3 rings (SSSR count). The summed E-state index contributed by atoms with van der Waals surface area (Å²) < 4.78 is 1.94. The van der Waals surface area contributed by atoms with E-state index in [-0.39, 0.29) is 11.5 Å². The lowest BCUT2D eigenvalue weighted by Gasteiger charge is -1.99. The van der Waals surface area contributed by atoms with Crippen LogP contribution in [0.1, 0.15) is 5.56 Å². The third-order valence-corrected chi connectivity index (χ3v) is 3.44. The molecule has 0 bridgehead atoms. The van der Waals surface area contributed by atoms with Gasteiger partial charge in [0.05, 0.1) is 17.7 Å². The summed E-state index contributed by atoms with van der Waals surface area (Å²) in [4.78, 5) is 14.4. The Kier molecular flexibility index (Phi) is 4.21. The number of nitro groups is 1. The molecule has 118 valence electrons. The van der Waals surface area contributed by atoms with E-state index in [1.165, 1.54) is 18.3 Å². The normalized spacial score (nSPS) is 10.8. The van der Waals surface area contributed by atoms with Gasteiger partial charge < -0.3 is 4.57 Å². The molecular weight excluding hydrogens is 306 g/mol. The molecule has 7 nitrogen and oxygen atoms in total. The average Bonchev–Trinajstić information content (AvgIpc) is 2.94. The quantitative estimate of drug-likeness (QED) is 0.339. The number of hydrogen-bond donors (Lipinski definition) is 1. The van der Waals surface area contributed by atoms with Crippen molar-refractivity contribution in [1.82, 2.24) is 9.55 Å². The van der Waals surface area contributed by atoms with Crippen LogP contribution in [-0.4, -0.2) is 20.7 Å². The highest BCUT2D eigenvalue weighted by atomic mass is 16.6. The van der Waals surface area contributed by atoms with Crippen molar-refractivity contribution in [3.05, 3.63) is 64.5 Å². The SMILES string of the molecule is C#CCn1cc(/C=N\Nc2ncccc2[N+](=O)[O-])c2ccccc21. The van der Waals surface area contributed by atoms with Crippen molar-refractivity contribution >= 4 is 28.6 Å². The third kappa shape index (κ3) is 2.94. The van der Waals surface area contributed by atoms with Crippen LogP contribution in [-0.2, 0) is 6.54 Å². The molecule has 0 amide bonds. The molecule has 24 heavy (non-hydrogen) atoms. The van der Waals surface area contributed by atoms with Crippen LogP contribution in [0, 0.1) is 22.5 Å². The molecule has 0 aliphatic carbocycles. The van der Waals surface area contributed by atoms with Gasteiger partial charge in [0.25, 0.3) is 0 Å². The molecule has 3 aromatic rings. The van der Waals surface area contributed by atoms with Gasteiger partial charge in [0.1, 0.15) is 0 Å². The van der Waals surface area contributed by atoms with Crippen LogP contribution in [0.3, 0.4) is 0 Å². The molecule has 0 radical (unpaired) electrons. The van der Waals surface area contributed by atoms with Crippen LogP contribution in [0.15, 0.2) is 53.9 Å². The molecule has 2 heterocycles. The molecule has 0 fully saturated rings. The summed E-state index contributed by atoms with van der Waals surface area (Å²) in [5.41, 5.74) is 4.34. The molecule has 0 aliphatic rings. The molecule has 0 atom stereocenters. The van der Waals surface area contributed by atoms with Gasteiger partial charge in [0.15, 0.2) is 0 Å². The van der Waals surface area contributed by atoms with E-state index in [0.717, 1.165) is 16.5 Å². The first-order valence-electron chi connectivity index (χ1n) is 7.10. The highest BCUT2D eigenvalue weighted by Crippen LogP contribution is 2.21. The van der Waals surface area contributed by atoms with Crippen LogP contribution in [0.4, 0.5) is 11.5 Å². The number of nitrogens with zero attached hydrogens (tertiary/aromatic N) is 4. The standard InChI is InChI=1S/C17H13N5O2/c1-2-10-21-12-13(14-6-3-4-7-15(14)21)11-19-20-17-16(22(23)24)8-5-9-18-17/h1,3-9,11-12H,10H2,(H,18,20)/b19-11-. The Bertz CT molecular complexity index is 969. The summed E-state index contributed by atoms with van der Waals surface area (Å²) in [6.07, 6.45) is 10.3. The largest absolute Gasteiger partial charge is 0.335 e. The summed E-state index contributed by atoms with van der Waals surface area (Å²) >= 11 is 0. The van der Waals surface area contributed by atoms with Gasteiger partial charge >= 0.3 is 5.69 Å². The number of para-hydroxylation sites is 1. The molecular formula is C17H13N5O2. The maximum absolute atomic E-state index is 11.0. The molecule has 7 heteroatoms. The average molecular weight is 319 g/mol. The predicted octanol–water partition coefficient (Wildman–Crippen LogP) is 3.02. The van der Waals surface area contributed by atoms with Crippen LogP contribution < -0.4 is 5.43 Å². The lowest BCUT2D eigenvalue weighted by Crippen LogP contribution is -1.98. The van der Waals surface area contributed by atoms with Crippen molar-refractivity contribution in [3.8, 4) is 12.3 Å². The Balaban J connectivity index is 1.90. The van der Waals surface area contributed by atoms with E-state index in [0.29, 0.717) is 6.54 Å². The maximum Gasteiger partial charge on any atom is 0.313 e. The number of fused-ring (bicyclic) bond motifs is 1. The number of nitrogens with one attached hydrogen (secondary N) is 1. The molecule has 1 N–H and O–H groups in total. The Labute approximate surface area is 137 Å². The van der Waals surface area contributed by atoms with Crippen LogP contribution in [0.5, 0.6) is 0 Å². The summed E-state index contributed by atoms with van der Waals surface area (Å²) in [5.74, 6) is 2.70. The van der Waals surface area contributed by atoms with Crippen molar-refractivity contribution in [2.45, 2.75) is 6.54 Å². The number of benzene rings is 1. The van der Waals surface area contributed by atoms with E-state index in [4.69, 9.17) is 6.42 Å². The van der Waals surface area contributed by atoms with E-state index < -0.39 is 4.92 Å². The Morgan fingerprint density at radius 1 is 1.38 bits per heavy atom. The molecule has 0 aliphatic heterocycles. The van der Waals surface area contributed by atoms with Gasteiger partial charge in [0, 0.05) is 34.9 Å². The van der Waals surface area contributed by atoms with Crippen molar-refractivity contribution < 1.29 is 4.92 Å². The van der Waals surface area contributed by atoms with Gasteiger partial charge in [-0.05, 0) is 12.1 Å². The molecule has 1 aromatic carbocycles. The van der Waals surface area contributed by atoms with E-state index in [1.54, 1.807) is 6.21 Å². The van der Waals surface area contributed by atoms with E-state index in [9.17, 15) is 10.1 Å². The van der Waals surface area contributed by atoms with Crippen molar-refractivity contribution in [2.75, 3.05) is 5.43 Å². The highest BCUT2D eigenvalue weighted by Gasteiger charge is 2.13. The minimum Gasteiger partial charge on any atom is -0.335 e. The number of hydrazone groups is 1. The minimum atomic E-state index is -0.510. The lowest BCUT2D eigenvalue weighted by atomic mass is 10.2. The molecule has 0 saturated heterocycles. The Hall–Kier alpha value is -3.66. The summed E-state index contributed by atoms with van der Waals surface area (Å²) in [7, 11) is 0. The topological polar surface area (TPSA) is 85.3 Å². The molecule has 2 aromatic heterocycles. The number of rotatable bonds is 5. The van der Waals surface area contributed by atoms with Crippen molar-refractivity contribution in [3.63, 3.8) is 0 Å². The van der Waals surface area contributed by atoms with Crippen molar-refractivity contribution in [2.24, 2.45) is 5.10 Å². The number of pyridine rings is 1. The van der Waals surface area contributed by atoms with Crippen molar-refractivity contribution in [1.29, 1.82) is 0 Å². The summed E-state index contributed by atoms with van der Waals surface area (Å²) in [5, 5.41) is 16.0. The van der Waals surface area contributed by atoms with Crippen LogP contribution in [0.2, 0.25) is 0 Å². The second-order valence-corrected chi connectivity index (χ2v) is 4.93. The third-order valence-electron chi connectivity index (χ3n) is 3.44. The lowest BCUT2D eigenvalue weighted by molar-refractivity contribution is -0.384. The maximum atomic E-state index is 11.0. The monoisotopic (exact) mass is 319 g/mol. The predicted molar refractivity (Wildman–Crippen MR) is 92.9 cm³/mol. The Morgan fingerprint density at radius 3 is 3.00 bits per heavy atom. The van der Waals surface area contributed by atoms with Gasteiger partial charge in [0.2, 0.25) is 5.82 Å². The first-order valence-corrected chi connectivity index (χ1v) is 7.10. The Morgan fingerprint density at radius 2 is 2.21 bits per heavy atom. The van der Waals surface area contributed by atoms with Crippen LogP contribution in [0.25, 0.3) is 10.9 Å². The smallest absolute Gasteiger partial charge is 0.313 e. The fraction of sp³-hybridized carbons (Fsp3) is 0.0588. The number of hydrogen-bond acceptors (Lipinski definition) is 5. The number of aromatic nitrogens is 2. The van der Waals surface area contributed by atoms with Gasteiger partial charge in [-0.2, -0.15) is 5.10 Å². The summed E-state index contributed by atoms with van der Waals surface area (Å²) in [6, 6.07) is 10.7. The van der Waals surface area contributed by atoms with Gasteiger partial charge in [-0.3, -0.25) is 15.5 Å². The highest BCUT2D eigenvalue weighted by molar-refractivity contribution is 5.99. The fourth-order valence-electron chi connectivity index (χ4n) is 2.40. The zero-order chi connectivity index (χ0) is 16.9. The van der Waals surface area contributed by atoms with E-state index >= 15 is 0 Å². The fourth-order valence-corrected chi connectivity index (χ4v) is 2.40.